The highest BCUT2D eigenvalue weighted by Crippen LogP contribution is 2.02. The van der Waals surface area contributed by atoms with Gasteiger partial charge in [0, 0.05) is 12.3 Å². The van der Waals surface area contributed by atoms with Crippen LogP contribution in [0.2, 0.25) is 0 Å². The molecule has 0 atom stereocenters. The van der Waals surface area contributed by atoms with Crippen molar-refractivity contribution in [1.29, 1.82) is 0 Å². The Labute approximate surface area is 126 Å². The lowest BCUT2D eigenvalue weighted by atomic mass is 10.1. The zero-order valence-electron chi connectivity index (χ0n) is 12.2. The Morgan fingerprint density at radius 2 is 1.75 bits per heavy atom. The largest absolute Gasteiger partial charge is 0.460 e. The van der Waals surface area contributed by atoms with Gasteiger partial charge in [-0.25, -0.2) is 4.79 Å². The number of hydrogen-bond donors (Lipinski definition) is 0. The molecule has 0 aliphatic rings. The van der Waals surface area contributed by atoms with Crippen molar-refractivity contribution in [1.82, 2.24) is 0 Å². The third kappa shape index (κ3) is 10.6. The number of ketones is 1. The summed E-state index contributed by atoms with van der Waals surface area (Å²) >= 11 is 5.45. The second kappa shape index (κ2) is 12.7. The van der Waals surface area contributed by atoms with Gasteiger partial charge >= 0.3 is 5.97 Å². The normalized spacial score (nSPS) is 9.35. The van der Waals surface area contributed by atoms with Crippen molar-refractivity contribution in [2.45, 2.75) is 39.5 Å². The molecule has 3 nitrogen and oxygen atoms in total. The summed E-state index contributed by atoms with van der Waals surface area (Å²) in [5.74, 6) is -0.544. The molecule has 0 aliphatic carbocycles. The van der Waals surface area contributed by atoms with Crippen molar-refractivity contribution in [3.63, 3.8) is 0 Å². The van der Waals surface area contributed by atoms with Crippen LogP contribution < -0.4 is 0 Å². The van der Waals surface area contributed by atoms with Crippen LogP contribution in [0.5, 0.6) is 0 Å². The number of ether oxygens (including phenoxy) is 1. The Hall–Kier alpha value is -1.35. The number of hydrogen-bond acceptors (Lipinski definition) is 3. The number of rotatable bonds is 7. The maximum Gasteiger partial charge on any atom is 0.374 e. The standard InChI is InChI=1S/C9H15ClO3.C7H8/c1-2-13-9(12)8(11)6-4-3-5-7-10;1-7-5-3-2-4-6-7/h2-7H2,1H3;2-6H,1H3. The first-order chi connectivity index (χ1) is 9.61. The summed E-state index contributed by atoms with van der Waals surface area (Å²) in [6.45, 7) is 4.02. The molecule has 0 saturated carbocycles. The second-order valence-corrected chi connectivity index (χ2v) is 4.68. The van der Waals surface area contributed by atoms with Crippen LogP contribution in [0.3, 0.4) is 0 Å². The summed E-state index contributed by atoms with van der Waals surface area (Å²) in [4.78, 5) is 21.8. The van der Waals surface area contributed by atoms with Crippen LogP contribution >= 0.6 is 11.6 Å². The Balaban J connectivity index is 0.000000428. The van der Waals surface area contributed by atoms with E-state index in [1.807, 2.05) is 18.2 Å². The SMILES string of the molecule is CCOC(=O)C(=O)CCCCCCl.Cc1ccccc1. The predicted octanol–water partition coefficient (Wildman–Crippen LogP) is 3.91. The maximum absolute atomic E-state index is 11.0. The van der Waals surface area contributed by atoms with Gasteiger partial charge in [-0.3, -0.25) is 4.79 Å². The molecule has 4 heteroatoms. The van der Waals surface area contributed by atoms with Gasteiger partial charge in [0.15, 0.2) is 0 Å². The molecule has 0 amide bonds. The minimum atomic E-state index is -0.714. The highest BCUT2D eigenvalue weighted by molar-refractivity contribution is 6.33. The third-order valence-corrected chi connectivity index (χ3v) is 2.75. The molecule has 0 heterocycles. The van der Waals surface area contributed by atoms with E-state index in [4.69, 9.17) is 11.6 Å². The summed E-state index contributed by atoms with van der Waals surface area (Å²) in [7, 11) is 0. The van der Waals surface area contributed by atoms with Gasteiger partial charge in [-0.05, 0) is 26.7 Å². The fourth-order valence-corrected chi connectivity index (χ4v) is 1.59. The molecule has 0 aromatic heterocycles. The molecule has 112 valence electrons. The minimum absolute atomic E-state index is 0.256. The number of aryl methyl sites for hydroxylation is 1. The fraction of sp³-hybridized carbons (Fsp3) is 0.500. The monoisotopic (exact) mass is 298 g/mol. The van der Waals surface area contributed by atoms with Gasteiger partial charge in [-0.1, -0.05) is 42.3 Å². The lowest BCUT2D eigenvalue weighted by molar-refractivity contribution is -0.153. The Kier molecular flexibility index (Phi) is 11.8. The van der Waals surface area contributed by atoms with Gasteiger partial charge in [0.05, 0.1) is 6.61 Å². The smallest absolute Gasteiger partial charge is 0.374 e. The first-order valence-electron chi connectivity index (χ1n) is 6.89. The molecular weight excluding hydrogens is 276 g/mol. The molecule has 0 bridgehead atoms. The molecule has 0 aliphatic heterocycles. The van der Waals surface area contributed by atoms with Crippen molar-refractivity contribution in [2.24, 2.45) is 0 Å². The highest BCUT2D eigenvalue weighted by Gasteiger charge is 2.13. The van der Waals surface area contributed by atoms with Gasteiger partial charge < -0.3 is 4.74 Å². The number of carbonyl (C=O) groups excluding carboxylic acids is 2. The van der Waals surface area contributed by atoms with E-state index in [0.29, 0.717) is 12.3 Å². The van der Waals surface area contributed by atoms with Gasteiger partial charge in [0.1, 0.15) is 0 Å². The van der Waals surface area contributed by atoms with Crippen LogP contribution in [-0.4, -0.2) is 24.2 Å². The molecule has 1 aromatic rings. The molecule has 0 radical (unpaired) electrons. The number of carbonyl (C=O) groups is 2. The van der Waals surface area contributed by atoms with Crippen LogP contribution in [0.1, 0.15) is 38.2 Å². The van der Waals surface area contributed by atoms with Crippen molar-refractivity contribution >= 4 is 23.4 Å². The van der Waals surface area contributed by atoms with Crippen molar-refractivity contribution < 1.29 is 14.3 Å². The third-order valence-electron chi connectivity index (χ3n) is 2.48. The summed E-state index contributed by atoms with van der Waals surface area (Å²) in [6, 6.07) is 10.3. The minimum Gasteiger partial charge on any atom is -0.460 e. The van der Waals surface area contributed by atoms with Crippen molar-refractivity contribution in [3.8, 4) is 0 Å². The van der Waals surface area contributed by atoms with E-state index in [9.17, 15) is 9.59 Å². The number of halogens is 1. The molecule has 1 aromatic carbocycles. The molecule has 1 rings (SSSR count). The Morgan fingerprint density at radius 1 is 1.10 bits per heavy atom. The van der Waals surface area contributed by atoms with E-state index in [2.05, 4.69) is 23.8 Å². The summed E-state index contributed by atoms with van der Waals surface area (Å²) in [5.41, 5.74) is 1.32. The van der Waals surface area contributed by atoms with Gasteiger partial charge in [-0.15, -0.1) is 11.6 Å². The number of unbranched alkanes of at least 4 members (excludes halogenated alkanes) is 2. The van der Waals surface area contributed by atoms with E-state index in [0.717, 1.165) is 12.8 Å². The second-order valence-electron chi connectivity index (χ2n) is 4.30. The maximum atomic E-state index is 11.0. The van der Waals surface area contributed by atoms with Crippen LogP contribution in [-0.2, 0) is 14.3 Å². The van der Waals surface area contributed by atoms with E-state index in [1.54, 1.807) is 6.92 Å². The molecule has 0 saturated heterocycles. The number of benzene rings is 1. The molecule has 0 unspecified atom stereocenters. The van der Waals surface area contributed by atoms with Crippen molar-refractivity contribution in [3.05, 3.63) is 35.9 Å². The zero-order valence-corrected chi connectivity index (χ0v) is 13.0. The van der Waals surface area contributed by atoms with Crippen LogP contribution in [0, 0.1) is 6.92 Å². The molecule has 0 N–H and O–H groups in total. The molecule has 0 fully saturated rings. The van der Waals surface area contributed by atoms with Gasteiger partial charge in [0.2, 0.25) is 5.78 Å². The Morgan fingerprint density at radius 3 is 2.20 bits per heavy atom. The first kappa shape index (κ1) is 18.7. The van der Waals surface area contributed by atoms with Crippen LogP contribution in [0.25, 0.3) is 0 Å². The van der Waals surface area contributed by atoms with Crippen LogP contribution in [0.4, 0.5) is 0 Å². The zero-order chi connectivity index (χ0) is 15.2. The fourth-order valence-electron chi connectivity index (χ4n) is 1.40. The van der Waals surface area contributed by atoms with E-state index < -0.39 is 11.8 Å². The first-order valence-corrected chi connectivity index (χ1v) is 7.42. The molecule has 0 spiro atoms. The molecule has 20 heavy (non-hydrogen) atoms. The van der Waals surface area contributed by atoms with E-state index in [-0.39, 0.29) is 13.0 Å². The van der Waals surface area contributed by atoms with Crippen LogP contribution in [0.15, 0.2) is 30.3 Å². The Bertz CT molecular complexity index is 377. The number of alkyl halides is 1. The lowest BCUT2D eigenvalue weighted by Gasteiger charge is -1.99. The topological polar surface area (TPSA) is 43.4 Å². The number of esters is 1. The molecular formula is C16H23ClO3. The quantitative estimate of drug-likeness (QED) is 0.332. The van der Waals surface area contributed by atoms with E-state index in [1.165, 1.54) is 5.56 Å². The predicted molar refractivity (Wildman–Crippen MR) is 82.0 cm³/mol. The summed E-state index contributed by atoms with van der Waals surface area (Å²) < 4.78 is 4.55. The average Bonchev–Trinajstić information content (AvgIpc) is 2.45. The highest BCUT2D eigenvalue weighted by atomic mass is 35.5. The average molecular weight is 299 g/mol. The van der Waals surface area contributed by atoms with Gasteiger partial charge in [0.25, 0.3) is 0 Å². The summed E-state index contributed by atoms with van der Waals surface area (Å²) in [6.07, 6.45) is 2.76. The lowest BCUT2D eigenvalue weighted by Crippen LogP contribution is -2.16. The van der Waals surface area contributed by atoms with Crippen molar-refractivity contribution in [2.75, 3.05) is 12.5 Å². The summed E-state index contributed by atoms with van der Waals surface area (Å²) in [5, 5.41) is 0. The number of Topliss-reactive ketones (excluding diaryl/α,β-unsaturated/α-hetero) is 1. The van der Waals surface area contributed by atoms with E-state index >= 15 is 0 Å². The van der Waals surface area contributed by atoms with Gasteiger partial charge in [-0.2, -0.15) is 0 Å².